The predicted molar refractivity (Wildman–Crippen MR) is 133 cm³/mol. The van der Waals surface area contributed by atoms with Crippen LogP contribution in [-0.2, 0) is 6.54 Å². The van der Waals surface area contributed by atoms with Crippen LogP contribution in [0.2, 0.25) is 0 Å². The number of fused-ring (bicyclic) bond motifs is 1. The third kappa shape index (κ3) is 5.84. The second-order valence-corrected chi connectivity index (χ2v) is 9.26. The lowest BCUT2D eigenvalue weighted by Crippen LogP contribution is -2.17. The molecule has 0 aliphatic rings. The zero-order chi connectivity index (χ0) is 23.3. The number of hydrogen-bond donors (Lipinski definition) is 2. The summed E-state index contributed by atoms with van der Waals surface area (Å²) >= 11 is 0. The number of nitrogens with zero attached hydrogens (tertiary/aromatic N) is 3. The highest BCUT2D eigenvalue weighted by Gasteiger charge is 2.12. The van der Waals surface area contributed by atoms with Crippen LogP contribution >= 0.6 is 0 Å². The Morgan fingerprint density at radius 2 is 1.94 bits per heavy atom. The van der Waals surface area contributed by atoms with Gasteiger partial charge in [0.15, 0.2) is 5.82 Å². The summed E-state index contributed by atoms with van der Waals surface area (Å²) in [5.74, 6) is 0.973. The maximum absolute atomic E-state index is 12.7. The Balaban J connectivity index is 1.89. The molecule has 2 N–H and O–H groups in total. The van der Waals surface area contributed by atoms with Crippen molar-refractivity contribution in [2.75, 3.05) is 5.32 Å². The third-order valence-corrected chi connectivity index (χ3v) is 5.12. The third-order valence-electron chi connectivity index (χ3n) is 5.12. The summed E-state index contributed by atoms with van der Waals surface area (Å²) < 4.78 is 1.39. The van der Waals surface area contributed by atoms with Crippen molar-refractivity contribution >= 4 is 17.0 Å². The molecule has 0 atom stereocenters. The lowest BCUT2D eigenvalue weighted by atomic mass is 9.92. The molecule has 0 fully saturated rings. The predicted octanol–water partition coefficient (Wildman–Crippen LogP) is 5.60. The lowest BCUT2D eigenvalue weighted by Gasteiger charge is -2.14. The summed E-state index contributed by atoms with van der Waals surface area (Å²) in [6.07, 6.45) is 9.70. The average Bonchev–Trinajstić information content (AvgIpc) is 3.14. The minimum atomic E-state index is -0.186. The molecule has 0 spiro atoms. The van der Waals surface area contributed by atoms with Crippen molar-refractivity contribution in [2.45, 2.75) is 54.0 Å². The van der Waals surface area contributed by atoms with E-state index >= 15 is 0 Å². The van der Waals surface area contributed by atoms with Crippen LogP contribution in [0.1, 0.15) is 56.3 Å². The Morgan fingerprint density at radius 3 is 2.59 bits per heavy atom. The van der Waals surface area contributed by atoms with Gasteiger partial charge in [0, 0.05) is 17.3 Å². The number of benzene rings is 1. The molecule has 2 heterocycles. The summed E-state index contributed by atoms with van der Waals surface area (Å²) in [6.45, 7) is 15.0. The van der Waals surface area contributed by atoms with Gasteiger partial charge in [-0.3, -0.25) is 9.89 Å². The van der Waals surface area contributed by atoms with Crippen molar-refractivity contribution < 1.29 is 0 Å². The molecule has 3 rings (SSSR count). The molecular formula is C26H33N5O. The molecular weight excluding hydrogens is 398 g/mol. The summed E-state index contributed by atoms with van der Waals surface area (Å²) in [6, 6.07) is 7.69. The van der Waals surface area contributed by atoms with E-state index in [9.17, 15) is 4.79 Å². The number of allylic oxidation sites excluding steroid dienone is 5. The van der Waals surface area contributed by atoms with E-state index in [4.69, 9.17) is 0 Å². The van der Waals surface area contributed by atoms with Crippen molar-refractivity contribution in [1.29, 1.82) is 0 Å². The van der Waals surface area contributed by atoms with E-state index in [1.807, 2.05) is 24.3 Å². The minimum Gasteiger partial charge on any atom is -0.379 e. The second-order valence-electron chi connectivity index (χ2n) is 9.26. The number of para-hydroxylation sites is 1. The summed E-state index contributed by atoms with van der Waals surface area (Å²) in [7, 11) is 0. The minimum absolute atomic E-state index is 0.186. The fourth-order valence-corrected chi connectivity index (χ4v) is 3.41. The smallest absolute Gasteiger partial charge is 0.274 e. The van der Waals surface area contributed by atoms with Crippen molar-refractivity contribution in [3.8, 4) is 0 Å². The van der Waals surface area contributed by atoms with Crippen LogP contribution in [0, 0.1) is 19.3 Å². The van der Waals surface area contributed by atoms with Crippen LogP contribution < -0.4 is 10.9 Å². The topological polar surface area (TPSA) is 75.1 Å². The first-order valence-corrected chi connectivity index (χ1v) is 10.9. The number of H-pyrrole nitrogens is 1. The van der Waals surface area contributed by atoms with E-state index in [1.165, 1.54) is 10.6 Å². The number of nitrogens with one attached hydrogen (secondary N) is 2. The average molecular weight is 432 g/mol. The molecule has 0 saturated carbocycles. The normalized spacial score (nSPS) is 12.6. The molecule has 0 aliphatic carbocycles. The first kappa shape index (κ1) is 23.3. The number of rotatable bonds is 8. The quantitative estimate of drug-likeness (QED) is 0.360. The van der Waals surface area contributed by atoms with Crippen molar-refractivity contribution in [3.63, 3.8) is 0 Å². The largest absolute Gasteiger partial charge is 0.379 e. The standard InChI is InChI=1S/C26H33N5O/c1-7-8-13-20(14-10-15-26(4,5)6)24-29-25-28-21(16-22(32)31(25)30-24)17-27-23-18(2)11-9-12-19(23)3/h7,9-14,16,27H,1,8,15,17H2,2-6H3,(H,28,29,30)/b14-10-,20-13+. The van der Waals surface area contributed by atoms with Gasteiger partial charge in [-0.25, -0.2) is 4.98 Å². The van der Waals surface area contributed by atoms with Gasteiger partial charge >= 0.3 is 0 Å². The van der Waals surface area contributed by atoms with E-state index in [2.05, 4.69) is 79.8 Å². The van der Waals surface area contributed by atoms with Crippen molar-refractivity contribution in [3.05, 3.63) is 88.1 Å². The van der Waals surface area contributed by atoms with E-state index in [-0.39, 0.29) is 11.0 Å². The molecule has 6 heteroatoms. The van der Waals surface area contributed by atoms with Crippen LogP contribution in [0.3, 0.4) is 0 Å². The Hall–Kier alpha value is -3.41. The highest BCUT2D eigenvalue weighted by molar-refractivity contribution is 5.70. The number of hydrogen-bond acceptors (Lipinski definition) is 4. The molecule has 168 valence electrons. The molecule has 0 radical (unpaired) electrons. The monoisotopic (exact) mass is 431 g/mol. The zero-order valence-corrected chi connectivity index (χ0v) is 19.7. The Kier molecular flexibility index (Phi) is 7.13. The first-order chi connectivity index (χ1) is 15.2. The SMILES string of the molecule is C=CC/C=C(\C=C/CC(C)(C)C)c1nc2nc(CNc3c(C)cccc3C)cc(=O)n2[nH]1. The van der Waals surface area contributed by atoms with Crippen molar-refractivity contribution in [1.82, 2.24) is 19.6 Å². The fourth-order valence-electron chi connectivity index (χ4n) is 3.41. The maximum atomic E-state index is 12.7. The van der Waals surface area contributed by atoms with Gasteiger partial charge in [0.25, 0.3) is 11.3 Å². The van der Waals surface area contributed by atoms with Gasteiger partial charge < -0.3 is 5.32 Å². The maximum Gasteiger partial charge on any atom is 0.274 e. The zero-order valence-electron chi connectivity index (χ0n) is 19.7. The second kappa shape index (κ2) is 9.81. The molecule has 0 saturated heterocycles. The highest BCUT2D eigenvalue weighted by Crippen LogP contribution is 2.22. The molecule has 6 nitrogen and oxygen atoms in total. The van der Waals surface area contributed by atoms with Gasteiger partial charge in [-0.2, -0.15) is 9.50 Å². The Bertz CT molecular complexity index is 1200. The van der Waals surface area contributed by atoms with Gasteiger partial charge in [0.1, 0.15) is 0 Å². The molecule has 1 aromatic carbocycles. The van der Waals surface area contributed by atoms with Crippen LogP contribution in [0.4, 0.5) is 5.69 Å². The van der Waals surface area contributed by atoms with Gasteiger partial charge in [0.2, 0.25) is 0 Å². The van der Waals surface area contributed by atoms with Crippen LogP contribution in [0.5, 0.6) is 0 Å². The molecule has 2 aromatic heterocycles. The van der Waals surface area contributed by atoms with E-state index < -0.39 is 0 Å². The van der Waals surface area contributed by atoms with Crippen LogP contribution in [0.15, 0.2) is 59.9 Å². The lowest BCUT2D eigenvalue weighted by molar-refractivity contribution is 0.420. The van der Waals surface area contributed by atoms with E-state index in [0.29, 0.717) is 30.3 Å². The Labute approximate surface area is 189 Å². The summed E-state index contributed by atoms with van der Waals surface area (Å²) in [4.78, 5) is 21.9. The number of aryl methyl sites for hydroxylation is 2. The number of anilines is 1. The van der Waals surface area contributed by atoms with Gasteiger partial charge in [-0.05, 0) is 43.2 Å². The fraction of sp³-hybridized carbons (Fsp3) is 0.346. The van der Waals surface area contributed by atoms with Gasteiger partial charge in [0.05, 0.1) is 12.2 Å². The molecule has 0 unspecified atom stereocenters. The molecule has 3 aromatic rings. The molecule has 0 bridgehead atoms. The van der Waals surface area contributed by atoms with E-state index in [0.717, 1.165) is 28.8 Å². The van der Waals surface area contributed by atoms with Gasteiger partial charge in [-0.15, -0.1) is 6.58 Å². The summed E-state index contributed by atoms with van der Waals surface area (Å²) in [5.41, 5.74) is 4.95. The molecule has 0 aliphatic heterocycles. The van der Waals surface area contributed by atoms with Crippen molar-refractivity contribution in [2.24, 2.45) is 5.41 Å². The number of aromatic amines is 1. The highest BCUT2D eigenvalue weighted by atomic mass is 16.1. The summed E-state index contributed by atoms with van der Waals surface area (Å²) in [5, 5.41) is 6.50. The van der Waals surface area contributed by atoms with E-state index in [1.54, 1.807) is 0 Å². The van der Waals surface area contributed by atoms with Crippen LogP contribution in [0.25, 0.3) is 11.4 Å². The Morgan fingerprint density at radius 1 is 1.22 bits per heavy atom. The van der Waals surface area contributed by atoms with Crippen LogP contribution in [-0.4, -0.2) is 19.6 Å². The first-order valence-electron chi connectivity index (χ1n) is 10.9. The number of aromatic nitrogens is 4. The molecule has 0 amide bonds. The molecule has 32 heavy (non-hydrogen) atoms. The van der Waals surface area contributed by atoms with Gasteiger partial charge in [-0.1, -0.05) is 63.3 Å².